The highest BCUT2D eigenvalue weighted by molar-refractivity contribution is 9.10. The van der Waals surface area contributed by atoms with Crippen LogP contribution in [-0.2, 0) is 0 Å². The van der Waals surface area contributed by atoms with Gasteiger partial charge in [-0.15, -0.1) is 10.2 Å². The molecule has 3 rings (SSSR count). The second-order valence-electron chi connectivity index (χ2n) is 4.63. The molecule has 0 radical (unpaired) electrons. The molecular weight excluding hydrogens is 383 g/mol. The number of thiocarbonyl (C=S) groups is 1. The minimum Gasteiger partial charge on any atom is -0.493 e. The van der Waals surface area contributed by atoms with Crippen LogP contribution in [0.3, 0.4) is 0 Å². The lowest BCUT2D eigenvalue weighted by molar-refractivity contribution is 0.459. The number of nitrogens with one attached hydrogen (secondary N) is 2. The molecule has 5 nitrogen and oxygen atoms in total. The summed E-state index contributed by atoms with van der Waals surface area (Å²) in [4.78, 5) is 2.82. The summed E-state index contributed by atoms with van der Waals surface area (Å²) >= 11 is 8.44. The van der Waals surface area contributed by atoms with Gasteiger partial charge in [-0.3, -0.25) is 0 Å². The summed E-state index contributed by atoms with van der Waals surface area (Å²) in [7, 11) is 0. The molecule has 0 atom stereocenters. The van der Waals surface area contributed by atoms with Gasteiger partial charge in [0.1, 0.15) is 5.82 Å². The van der Waals surface area contributed by atoms with E-state index >= 15 is 0 Å². The van der Waals surface area contributed by atoms with Crippen molar-refractivity contribution < 1.29 is 9.50 Å². The summed E-state index contributed by atoms with van der Waals surface area (Å²) < 4.78 is 13.9. The third kappa shape index (κ3) is 3.38. The van der Waals surface area contributed by atoms with Gasteiger partial charge in [-0.25, -0.2) is 4.39 Å². The van der Waals surface area contributed by atoms with Crippen LogP contribution in [0.2, 0.25) is 0 Å². The molecule has 0 saturated carbocycles. The van der Waals surface area contributed by atoms with E-state index < -0.39 is 0 Å². The van der Waals surface area contributed by atoms with E-state index in [1.165, 1.54) is 12.1 Å². The number of benzene rings is 2. The van der Waals surface area contributed by atoms with Gasteiger partial charge in [-0.1, -0.05) is 18.2 Å². The van der Waals surface area contributed by atoms with Crippen LogP contribution in [0.1, 0.15) is 0 Å². The third-order valence-electron chi connectivity index (χ3n) is 3.05. The maximum absolute atomic E-state index is 13.1. The van der Waals surface area contributed by atoms with E-state index in [2.05, 4.69) is 36.5 Å². The maximum atomic E-state index is 13.1. The first-order chi connectivity index (χ1) is 11.0. The van der Waals surface area contributed by atoms with Crippen LogP contribution in [0.15, 0.2) is 57.2 Å². The molecule has 23 heavy (non-hydrogen) atoms. The summed E-state index contributed by atoms with van der Waals surface area (Å²) in [5.41, 5.74) is 1.47. The topological polar surface area (TPSA) is 72.8 Å². The van der Waals surface area contributed by atoms with Crippen LogP contribution >= 0.6 is 28.1 Å². The van der Waals surface area contributed by atoms with Crippen LogP contribution in [0, 0.1) is 5.82 Å². The fourth-order valence-corrected chi connectivity index (χ4v) is 2.69. The van der Waals surface area contributed by atoms with Crippen LogP contribution in [0.5, 0.6) is 5.88 Å². The van der Waals surface area contributed by atoms with Crippen molar-refractivity contribution in [3.05, 3.63) is 52.8 Å². The first-order valence-corrected chi connectivity index (χ1v) is 7.72. The van der Waals surface area contributed by atoms with Gasteiger partial charge in [-0.05, 0) is 52.4 Å². The number of anilines is 1. The van der Waals surface area contributed by atoms with Crippen LogP contribution in [0.25, 0.3) is 10.9 Å². The zero-order valence-electron chi connectivity index (χ0n) is 11.5. The van der Waals surface area contributed by atoms with Gasteiger partial charge in [-0.2, -0.15) is 0 Å². The number of rotatable bonds is 2. The van der Waals surface area contributed by atoms with Crippen molar-refractivity contribution in [2.75, 3.05) is 5.32 Å². The lowest BCUT2D eigenvalue weighted by Gasteiger charge is -2.02. The Morgan fingerprint density at radius 2 is 2.04 bits per heavy atom. The molecule has 0 aliphatic carbocycles. The zero-order chi connectivity index (χ0) is 16.4. The molecule has 3 N–H and O–H groups in total. The average molecular weight is 393 g/mol. The molecule has 0 amide bonds. The van der Waals surface area contributed by atoms with Gasteiger partial charge in [0.15, 0.2) is 5.69 Å². The molecule has 2 aromatic carbocycles. The second-order valence-corrected chi connectivity index (χ2v) is 5.87. The maximum Gasteiger partial charge on any atom is 0.218 e. The Bertz CT molecular complexity index is 925. The molecule has 0 bridgehead atoms. The first-order valence-electron chi connectivity index (χ1n) is 6.52. The summed E-state index contributed by atoms with van der Waals surface area (Å²) in [5, 5.41) is 21.3. The quantitative estimate of drug-likeness (QED) is 0.411. The molecule has 8 heteroatoms. The Hall–Kier alpha value is -2.32. The molecule has 0 fully saturated rings. The van der Waals surface area contributed by atoms with Crippen molar-refractivity contribution in [3.63, 3.8) is 0 Å². The number of H-pyrrole nitrogens is 1. The highest BCUT2D eigenvalue weighted by atomic mass is 79.9. The number of para-hydroxylation sites is 1. The van der Waals surface area contributed by atoms with Gasteiger partial charge in [0.2, 0.25) is 11.0 Å². The number of fused-ring (bicyclic) bond motifs is 1. The van der Waals surface area contributed by atoms with Crippen molar-refractivity contribution >= 4 is 55.5 Å². The smallest absolute Gasteiger partial charge is 0.218 e. The molecular formula is C15H10BrFN4OS. The fourth-order valence-electron chi connectivity index (χ4n) is 2.07. The van der Waals surface area contributed by atoms with Gasteiger partial charge < -0.3 is 15.4 Å². The summed E-state index contributed by atoms with van der Waals surface area (Å²) in [5.74, 6) is -0.488. The highest BCUT2D eigenvalue weighted by Crippen LogP contribution is 2.38. The normalized spacial score (nSPS) is 11.2. The lowest BCUT2D eigenvalue weighted by Crippen LogP contribution is -2.04. The van der Waals surface area contributed by atoms with E-state index in [1.807, 2.05) is 12.1 Å². The number of aromatic hydroxyl groups is 1. The van der Waals surface area contributed by atoms with Crippen LogP contribution in [-0.4, -0.2) is 15.2 Å². The predicted octanol–water partition coefficient (Wildman–Crippen LogP) is 5.26. The van der Waals surface area contributed by atoms with Crippen molar-refractivity contribution in [1.29, 1.82) is 0 Å². The van der Waals surface area contributed by atoms with E-state index in [4.69, 9.17) is 12.2 Å². The molecule has 0 saturated heterocycles. The van der Waals surface area contributed by atoms with Crippen LogP contribution < -0.4 is 5.32 Å². The molecule has 0 aliphatic heterocycles. The predicted molar refractivity (Wildman–Crippen MR) is 94.8 cm³/mol. The van der Waals surface area contributed by atoms with Gasteiger partial charge in [0, 0.05) is 15.5 Å². The largest absolute Gasteiger partial charge is 0.493 e. The van der Waals surface area contributed by atoms with E-state index in [-0.39, 0.29) is 22.5 Å². The number of aromatic nitrogens is 1. The molecule has 1 heterocycles. The van der Waals surface area contributed by atoms with E-state index in [0.717, 1.165) is 4.47 Å². The number of hydrogen-bond donors (Lipinski definition) is 3. The summed E-state index contributed by atoms with van der Waals surface area (Å²) in [6, 6.07) is 11.3. The zero-order valence-corrected chi connectivity index (χ0v) is 13.9. The van der Waals surface area contributed by atoms with Crippen molar-refractivity contribution in [1.82, 2.24) is 4.98 Å². The molecule has 116 valence electrons. The Balaban J connectivity index is 1.84. The van der Waals surface area contributed by atoms with Crippen molar-refractivity contribution in [3.8, 4) is 5.88 Å². The average Bonchev–Trinajstić information content (AvgIpc) is 2.82. The molecule has 0 aliphatic rings. The number of halogens is 2. The molecule has 0 unspecified atom stereocenters. The molecule has 0 spiro atoms. The van der Waals surface area contributed by atoms with Crippen molar-refractivity contribution in [2.24, 2.45) is 10.2 Å². The molecule has 3 aromatic rings. The summed E-state index contributed by atoms with van der Waals surface area (Å²) in [6.45, 7) is 0. The van der Waals surface area contributed by atoms with Gasteiger partial charge in [0.05, 0.1) is 5.52 Å². The number of hydrogen-bond acceptors (Lipinski definition) is 3. The monoisotopic (exact) mass is 392 g/mol. The first kappa shape index (κ1) is 15.6. The minimum atomic E-state index is -0.381. The Morgan fingerprint density at radius 3 is 2.83 bits per heavy atom. The van der Waals surface area contributed by atoms with Crippen molar-refractivity contribution in [2.45, 2.75) is 0 Å². The Morgan fingerprint density at radius 1 is 1.26 bits per heavy atom. The Kier molecular flexibility index (Phi) is 4.35. The van der Waals surface area contributed by atoms with E-state index in [0.29, 0.717) is 16.6 Å². The van der Waals surface area contributed by atoms with Gasteiger partial charge >= 0.3 is 0 Å². The second kappa shape index (κ2) is 6.43. The van der Waals surface area contributed by atoms with Crippen LogP contribution in [0.4, 0.5) is 15.8 Å². The van der Waals surface area contributed by atoms with Gasteiger partial charge in [0.25, 0.3) is 0 Å². The lowest BCUT2D eigenvalue weighted by atomic mass is 10.2. The van der Waals surface area contributed by atoms with E-state index in [1.54, 1.807) is 18.2 Å². The highest BCUT2D eigenvalue weighted by Gasteiger charge is 2.12. The standard InChI is InChI=1S/C15H10BrFN4OS/c16-11-6-2-5-10-12(11)19-14(22)13(10)20-21-15(23)18-9-4-1-3-8(17)7-9/h1-7,19,22H,(H,18,23). The summed E-state index contributed by atoms with van der Waals surface area (Å²) in [6.07, 6.45) is 0. The number of aromatic amines is 1. The SMILES string of the molecule is Oc1[nH]c2c(Br)cccc2c1N=NC(=S)Nc1cccc(F)c1. The Labute approximate surface area is 144 Å². The fraction of sp³-hybridized carbons (Fsp3) is 0. The third-order valence-corrected chi connectivity index (χ3v) is 3.90. The number of azo groups is 1. The van der Waals surface area contributed by atoms with E-state index in [9.17, 15) is 9.50 Å². The molecule has 1 aromatic heterocycles. The minimum absolute atomic E-state index is 0.0550. The number of nitrogens with zero attached hydrogens (tertiary/aromatic N) is 2.